The first kappa shape index (κ1) is 21.7. The molecular formula is C30H52Si. The molecule has 6 aliphatic carbocycles. The fourth-order valence-electron chi connectivity index (χ4n) is 11.3. The molecule has 6 fully saturated rings. The highest BCUT2D eigenvalue weighted by Crippen LogP contribution is 2.71. The maximum absolute atomic E-state index is 2.98. The molecule has 0 amide bonds. The topological polar surface area (TPSA) is 0 Å². The van der Waals surface area contributed by atoms with Crippen molar-refractivity contribution in [2.24, 2.45) is 71.0 Å². The van der Waals surface area contributed by atoms with Gasteiger partial charge in [-0.1, -0.05) is 66.5 Å². The zero-order valence-corrected chi connectivity index (χ0v) is 22.7. The van der Waals surface area contributed by atoms with Crippen molar-refractivity contribution in [1.29, 1.82) is 0 Å². The van der Waals surface area contributed by atoms with Crippen LogP contribution in [0.15, 0.2) is 0 Å². The van der Waals surface area contributed by atoms with E-state index in [2.05, 4.69) is 40.8 Å². The molecule has 0 aromatic rings. The molecule has 0 nitrogen and oxygen atoms in total. The third-order valence-electron chi connectivity index (χ3n) is 12.9. The molecule has 0 N–H and O–H groups in total. The normalized spacial score (nSPS) is 55.2. The summed E-state index contributed by atoms with van der Waals surface area (Å²) in [7, 11) is -1.37. The molecule has 12 unspecified atom stereocenters. The number of rotatable bonds is 4. The first-order chi connectivity index (χ1) is 14.8. The third-order valence-corrected chi connectivity index (χ3v) is 18.0. The fraction of sp³-hybridized carbons (Fsp3) is 1.00. The minimum atomic E-state index is -1.37. The van der Waals surface area contributed by atoms with Crippen LogP contribution in [0.5, 0.6) is 0 Å². The molecule has 0 aromatic heterocycles. The Morgan fingerprint density at radius 1 is 0.452 bits per heavy atom. The zero-order chi connectivity index (χ0) is 21.7. The van der Waals surface area contributed by atoms with Gasteiger partial charge in [-0.25, -0.2) is 0 Å². The lowest BCUT2D eigenvalue weighted by atomic mass is 9.69. The first-order valence-corrected chi connectivity index (χ1v) is 17.9. The number of fused-ring (bicyclic) bond motifs is 2. The SMILES string of the molecule is CC1CCC(C)C2C1CC(C1CC1)C2[Si](C)(C)C1C(C2CC2)CC2C(C)CCC(C)C21. The van der Waals surface area contributed by atoms with Gasteiger partial charge < -0.3 is 0 Å². The van der Waals surface area contributed by atoms with Gasteiger partial charge >= 0.3 is 0 Å². The molecule has 6 rings (SSSR count). The summed E-state index contributed by atoms with van der Waals surface area (Å²) < 4.78 is 0. The lowest BCUT2D eigenvalue weighted by Crippen LogP contribution is -2.50. The average Bonchev–Trinajstić information content (AvgIpc) is 3.66. The first-order valence-electron chi connectivity index (χ1n) is 14.8. The molecule has 6 aliphatic rings. The minimum Gasteiger partial charge on any atom is -0.0689 e. The van der Waals surface area contributed by atoms with E-state index in [0.29, 0.717) is 0 Å². The maximum Gasteiger partial charge on any atom is 0.0547 e. The monoisotopic (exact) mass is 440 g/mol. The summed E-state index contributed by atoms with van der Waals surface area (Å²) in [6, 6.07) is 0. The van der Waals surface area contributed by atoms with E-state index in [0.717, 1.165) is 82.1 Å². The maximum atomic E-state index is 2.98. The van der Waals surface area contributed by atoms with E-state index in [4.69, 9.17) is 0 Å². The van der Waals surface area contributed by atoms with Crippen molar-refractivity contribution in [3.8, 4) is 0 Å². The third kappa shape index (κ3) is 3.39. The average molecular weight is 441 g/mol. The molecule has 0 bridgehead atoms. The van der Waals surface area contributed by atoms with Crippen LogP contribution in [0.25, 0.3) is 0 Å². The van der Waals surface area contributed by atoms with Crippen molar-refractivity contribution in [3.05, 3.63) is 0 Å². The standard InChI is InChI=1S/C30H52Si/c1-17-7-9-19(3)27-23(17)15-25(21-11-12-21)29(27)31(5,6)30-26(22-13-14-22)16-24-18(2)8-10-20(4)28(24)30/h17-30H,7-16H2,1-6H3. The van der Waals surface area contributed by atoms with Crippen molar-refractivity contribution in [2.75, 3.05) is 0 Å². The largest absolute Gasteiger partial charge is 0.0689 e. The number of hydrogen-bond acceptors (Lipinski definition) is 0. The second kappa shape index (κ2) is 7.61. The lowest BCUT2D eigenvalue weighted by molar-refractivity contribution is 0.127. The molecule has 0 radical (unpaired) electrons. The Morgan fingerprint density at radius 2 is 0.806 bits per heavy atom. The summed E-state index contributed by atoms with van der Waals surface area (Å²) in [5, 5.41) is 0. The summed E-state index contributed by atoms with van der Waals surface area (Å²) in [5.41, 5.74) is 2.33. The fourth-order valence-corrected chi connectivity index (χ4v) is 17.9. The summed E-state index contributed by atoms with van der Waals surface area (Å²) in [6.07, 6.45) is 15.8. The second-order valence-corrected chi connectivity index (χ2v) is 19.9. The van der Waals surface area contributed by atoms with E-state index < -0.39 is 8.07 Å². The summed E-state index contributed by atoms with van der Waals surface area (Å²) in [4.78, 5) is 0. The molecule has 0 heterocycles. The van der Waals surface area contributed by atoms with Gasteiger partial charge in [0.15, 0.2) is 0 Å². The summed E-state index contributed by atoms with van der Waals surface area (Å²) in [6.45, 7) is 16.6. The highest BCUT2D eigenvalue weighted by atomic mass is 28.3. The highest BCUT2D eigenvalue weighted by molar-refractivity contribution is 6.80. The van der Waals surface area contributed by atoms with E-state index in [9.17, 15) is 0 Å². The predicted molar refractivity (Wildman–Crippen MR) is 136 cm³/mol. The van der Waals surface area contributed by atoms with E-state index >= 15 is 0 Å². The van der Waals surface area contributed by atoms with Crippen LogP contribution < -0.4 is 0 Å². The summed E-state index contributed by atoms with van der Waals surface area (Å²) in [5.74, 6) is 13.0. The van der Waals surface area contributed by atoms with Crippen molar-refractivity contribution in [1.82, 2.24) is 0 Å². The Kier molecular flexibility index (Phi) is 5.33. The van der Waals surface area contributed by atoms with Gasteiger partial charge in [0.2, 0.25) is 0 Å². The van der Waals surface area contributed by atoms with Crippen LogP contribution in [-0.2, 0) is 0 Å². The van der Waals surface area contributed by atoms with Gasteiger partial charge in [-0.15, -0.1) is 0 Å². The molecule has 0 spiro atoms. The Hall–Kier alpha value is 0.217. The van der Waals surface area contributed by atoms with Crippen LogP contribution in [0.2, 0.25) is 24.2 Å². The van der Waals surface area contributed by atoms with Gasteiger partial charge in [0.05, 0.1) is 8.07 Å². The van der Waals surface area contributed by atoms with Gasteiger partial charge in [0.1, 0.15) is 0 Å². The molecule has 176 valence electrons. The molecule has 0 saturated heterocycles. The van der Waals surface area contributed by atoms with Crippen molar-refractivity contribution in [2.45, 2.75) is 116 Å². The van der Waals surface area contributed by atoms with Gasteiger partial charge in [0, 0.05) is 0 Å². The van der Waals surface area contributed by atoms with E-state index in [1.165, 1.54) is 25.7 Å². The van der Waals surface area contributed by atoms with Crippen LogP contribution in [0.4, 0.5) is 0 Å². The second-order valence-electron chi connectivity index (χ2n) is 14.9. The molecule has 31 heavy (non-hydrogen) atoms. The quantitative estimate of drug-likeness (QED) is 0.383. The Morgan fingerprint density at radius 3 is 1.16 bits per heavy atom. The van der Waals surface area contributed by atoms with Crippen LogP contribution in [0.1, 0.15) is 91.9 Å². The predicted octanol–water partition coefficient (Wildman–Crippen LogP) is 8.89. The van der Waals surface area contributed by atoms with E-state index in [-0.39, 0.29) is 0 Å². The lowest BCUT2D eigenvalue weighted by Gasteiger charge is -2.52. The zero-order valence-electron chi connectivity index (χ0n) is 21.7. The smallest absolute Gasteiger partial charge is 0.0547 e. The van der Waals surface area contributed by atoms with Gasteiger partial charge in [-0.3, -0.25) is 0 Å². The number of hydrogen-bond donors (Lipinski definition) is 0. The Bertz CT molecular complexity index is 618. The molecule has 6 saturated carbocycles. The Labute approximate surface area is 195 Å². The van der Waals surface area contributed by atoms with Crippen molar-refractivity contribution < 1.29 is 0 Å². The Balaban J connectivity index is 1.39. The van der Waals surface area contributed by atoms with Crippen LogP contribution in [-0.4, -0.2) is 8.07 Å². The molecular weight excluding hydrogens is 388 g/mol. The van der Waals surface area contributed by atoms with Crippen LogP contribution in [0, 0.1) is 71.0 Å². The highest BCUT2D eigenvalue weighted by Gasteiger charge is 2.64. The van der Waals surface area contributed by atoms with Gasteiger partial charge in [0.25, 0.3) is 0 Å². The van der Waals surface area contributed by atoms with Gasteiger partial charge in [-0.2, -0.15) is 0 Å². The van der Waals surface area contributed by atoms with Crippen LogP contribution in [0.3, 0.4) is 0 Å². The molecule has 0 aliphatic heterocycles. The molecule has 1 heteroatoms. The van der Waals surface area contributed by atoms with Crippen molar-refractivity contribution >= 4 is 8.07 Å². The van der Waals surface area contributed by atoms with E-state index in [1.807, 2.05) is 0 Å². The summed E-state index contributed by atoms with van der Waals surface area (Å²) >= 11 is 0. The van der Waals surface area contributed by atoms with Gasteiger partial charge in [-0.05, 0) is 121 Å². The molecule has 12 atom stereocenters. The van der Waals surface area contributed by atoms with Crippen LogP contribution >= 0.6 is 0 Å². The molecule has 0 aromatic carbocycles. The minimum absolute atomic E-state index is 1.01. The van der Waals surface area contributed by atoms with E-state index in [1.54, 1.807) is 38.5 Å². The van der Waals surface area contributed by atoms with Crippen molar-refractivity contribution in [3.63, 3.8) is 0 Å².